The number of nitrogens with two attached hydrogens (primary N) is 1. The average Bonchev–Trinajstić information content (AvgIpc) is 2.46. The molecule has 0 radical (unpaired) electrons. The van der Waals surface area contributed by atoms with Crippen LogP contribution >= 0.6 is 11.6 Å². The fourth-order valence-corrected chi connectivity index (χ4v) is 3.76. The van der Waals surface area contributed by atoms with Crippen molar-refractivity contribution in [1.82, 2.24) is 4.72 Å². The summed E-state index contributed by atoms with van der Waals surface area (Å²) in [5.41, 5.74) is 6.99. The van der Waals surface area contributed by atoms with Gasteiger partial charge in [0.2, 0.25) is 10.0 Å². The van der Waals surface area contributed by atoms with Crippen molar-refractivity contribution in [1.29, 1.82) is 0 Å². The van der Waals surface area contributed by atoms with Crippen molar-refractivity contribution in [2.45, 2.75) is 24.4 Å². The molecular formula is C15H17ClN2O2S. The minimum Gasteiger partial charge on any atom is -0.326 e. The summed E-state index contributed by atoms with van der Waals surface area (Å²) in [6, 6.07) is 13.4. The quantitative estimate of drug-likeness (QED) is 0.888. The van der Waals surface area contributed by atoms with Crippen LogP contribution in [0.25, 0.3) is 0 Å². The summed E-state index contributed by atoms with van der Waals surface area (Å²) in [7, 11) is -3.64. The van der Waals surface area contributed by atoms with E-state index in [2.05, 4.69) is 4.72 Å². The molecule has 0 saturated heterocycles. The zero-order chi connectivity index (χ0) is 15.5. The van der Waals surface area contributed by atoms with E-state index >= 15 is 0 Å². The van der Waals surface area contributed by atoms with Crippen LogP contribution in [0.15, 0.2) is 53.4 Å². The van der Waals surface area contributed by atoms with Gasteiger partial charge in [0.05, 0.1) is 4.90 Å². The first-order chi connectivity index (χ1) is 9.94. The summed E-state index contributed by atoms with van der Waals surface area (Å²) < 4.78 is 27.6. The third kappa shape index (κ3) is 3.83. The maximum Gasteiger partial charge on any atom is 0.241 e. The summed E-state index contributed by atoms with van der Waals surface area (Å²) in [6.07, 6.45) is 0. The predicted octanol–water partition coefficient (Wildman–Crippen LogP) is 2.84. The fourth-order valence-electron chi connectivity index (χ4n) is 2.07. The Morgan fingerprint density at radius 1 is 1.19 bits per heavy atom. The molecule has 0 heterocycles. The number of rotatable bonds is 5. The Labute approximate surface area is 130 Å². The summed E-state index contributed by atoms with van der Waals surface area (Å²) in [4.78, 5) is 0.210. The Kier molecular flexibility index (Phi) is 5.00. The lowest BCUT2D eigenvalue weighted by atomic mass is 10.1. The molecule has 0 aliphatic rings. The molecule has 21 heavy (non-hydrogen) atoms. The molecule has 0 aliphatic carbocycles. The van der Waals surface area contributed by atoms with Crippen molar-refractivity contribution in [3.8, 4) is 0 Å². The maximum atomic E-state index is 12.5. The molecule has 3 N–H and O–H groups in total. The Balaban J connectivity index is 2.29. The van der Waals surface area contributed by atoms with Crippen LogP contribution in [0.2, 0.25) is 5.02 Å². The van der Waals surface area contributed by atoms with Crippen molar-refractivity contribution < 1.29 is 8.42 Å². The minimum atomic E-state index is -3.64. The van der Waals surface area contributed by atoms with Gasteiger partial charge in [0.15, 0.2) is 0 Å². The van der Waals surface area contributed by atoms with Crippen LogP contribution in [0.3, 0.4) is 0 Å². The zero-order valence-corrected chi connectivity index (χ0v) is 13.2. The lowest BCUT2D eigenvalue weighted by molar-refractivity contribution is 0.565. The molecule has 2 aromatic carbocycles. The van der Waals surface area contributed by atoms with Crippen LogP contribution in [-0.4, -0.2) is 8.42 Å². The standard InChI is InChI=1S/C15H17ClN2O2S/c1-11(12-6-4-7-14(16)9-12)18-21(19,20)15-8-3-2-5-13(15)10-17/h2-9,11,18H,10,17H2,1H3. The van der Waals surface area contributed by atoms with Crippen LogP contribution in [0, 0.1) is 0 Å². The topological polar surface area (TPSA) is 72.2 Å². The van der Waals surface area contributed by atoms with Crippen LogP contribution in [0.5, 0.6) is 0 Å². The smallest absolute Gasteiger partial charge is 0.241 e. The molecule has 2 aromatic rings. The number of halogens is 1. The summed E-state index contributed by atoms with van der Waals surface area (Å²) in [6.45, 7) is 1.94. The molecular weight excluding hydrogens is 308 g/mol. The SMILES string of the molecule is CC(NS(=O)(=O)c1ccccc1CN)c1cccc(Cl)c1. The lowest BCUT2D eigenvalue weighted by Gasteiger charge is -2.16. The van der Waals surface area contributed by atoms with Crippen LogP contribution < -0.4 is 10.5 Å². The van der Waals surface area contributed by atoms with E-state index < -0.39 is 10.0 Å². The van der Waals surface area contributed by atoms with Crippen molar-refractivity contribution >= 4 is 21.6 Å². The monoisotopic (exact) mass is 324 g/mol. The first-order valence-corrected chi connectivity index (χ1v) is 8.36. The molecule has 6 heteroatoms. The van der Waals surface area contributed by atoms with E-state index in [1.807, 2.05) is 6.07 Å². The van der Waals surface area contributed by atoms with E-state index in [0.717, 1.165) is 5.56 Å². The third-order valence-corrected chi connectivity index (χ3v) is 5.04. The first-order valence-electron chi connectivity index (χ1n) is 6.50. The van der Waals surface area contributed by atoms with E-state index in [1.165, 1.54) is 0 Å². The predicted molar refractivity (Wildman–Crippen MR) is 84.5 cm³/mol. The van der Waals surface area contributed by atoms with Gasteiger partial charge >= 0.3 is 0 Å². The molecule has 0 saturated carbocycles. The highest BCUT2D eigenvalue weighted by atomic mass is 35.5. The molecule has 2 rings (SSSR count). The van der Waals surface area contributed by atoms with Gasteiger partial charge in [-0.25, -0.2) is 13.1 Å². The average molecular weight is 325 g/mol. The van der Waals surface area contributed by atoms with E-state index in [9.17, 15) is 8.42 Å². The highest BCUT2D eigenvalue weighted by Gasteiger charge is 2.20. The van der Waals surface area contributed by atoms with Gasteiger partial charge in [0, 0.05) is 17.6 Å². The fraction of sp³-hybridized carbons (Fsp3) is 0.200. The lowest BCUT2D eigenvalue weighted by Crippen LogP contribution is -2.28. The summed E-state index contributed by atoms with van der Waals surface area (Å²) in [5, 5.41) is 0.570. The van der Waals surface area contributed by atoms with Gasteiger partial charge in [-0.15, -0.1) is 0 Å². The molecule has 0 spiro atoms. The molecule has 0 aliphatic heterocycles. The second kappa shape index (κ2) is 6.58. The van der Waals surface area contributed by atoms with Crippen LogP contribution in [-0.2, 0) is 16.6 Å². The normalized spacial score (nSPS) is 13.1. The Bertz CT molecular complexity index is 732. The number of hydrogen-bond acceptors (Lipinski definition) is 3. The number of benzene rings is 2. The summed E-state index contributed by atoms with van der Waals surface area (Å²) >= 11 is 5.93. The van der Waals surface area contributed by atoms with Crippen LogP contribution in [0.1, 0.15) is 24.1 Å². The van der Waals surface area contributed by atoms with Crippen molar-refractivity contribution in [2.75, 3.05) is 0 Å². The van der Waals surface area contributed by atoms with E-state index in [4.69, 9.17) is 17.3 Å². The highest BCUT2D eigenvalue weighted by Crippen LogP contribution is 2.21. The molecule has 0 bridgehead atoms. The second-order valence-electron chi connectivity index (χ2n) is 4.71. The van der Waals surface area contributed by atoms with Gasteiger partial charge < -0.3 is 5.73 Å². The Morgan fingerprint density at radius 3 is 2.57 bits per heavy atom. The zero-order valence-electron chi connectivity index (χ0n) is 11.6. The molecule has 0 amide bonds. The van der Waals surface area contributed by atoms with Gasteiger partial charge in [-0.05, 0) is 36.2 Å². The molecule has 4 nitrogen and oxygen atoms in total. The van der Waals surface area contributed by atoms with Gasteiger partial charge in [-0.2, -0.15) is 0 Å². The van der Waals surface area contributed by atoms with Crippen molar-refractivity contribution in [3.05, 3.63) is 64.7 Å². The minimum absolute atomic E-state index is 0.169. The van der Waals surface area contributed by atoms with Gasteiger partial charge in [0.1, 0.15) is 0 Å². The molecule has 112 valence electrons. The van der Waals surface area contributed by atoms with Gasteiger partial charge in [-0.1, -0.05) is 41.9 Å². The Morgan fingerprint density at radius 2 is 1.90 bits per heavy atom. The highest BCUT2D eigenvalue weighted by molar-refractivity contribution is 7.89. The van der Waals surface area contributed by atoms with E-state index in [-0.39, 0.29) is 17.5 Å². The second-order valence-corrected chi connectivity index (χ2v) is 6.83. The van der Waals surface area contributed by atoms with E-state index in [1.54, 1.807) is 49.4 Å². The third-order valence-electron chi connectivity index (χ3n) is 3.16. The van der Waals surface area contributed by atoms with Gasteiger partial charge in [0.25, 0.3) is 0 Å². The Hall–Kier alpha value is -1.40. The first kappa shape index (κ1) is 16.0. The molecule has 1 atom stereocenters. The number of hydrogen-bond donors (Lipinski definition) is 2. The van der Waals surface area contributed by atoms with Crippen LogP contribution in [0.4, 0.5) is 0 Å². The summed E-state index contributed by atoms with van der Waals surface area (Å²) in [5.74, 6) is 0. The number of sulfonamides is 1. The molecule has 1 unspecified atom stereocenters. The number of nitrogens with one attached hydrogen (secondary N) is 1. The van der Waals surface area contributed by atoms with E-state index in [0.29, 0.717) is 10.6 Å². The van der Waals surface area contributed by atoms with Crippen molar-refractivity contribution in [2.24, 2.45) is 5.73 Å². The van der Waals surface area contributed by atoms with Gasteiger partial charge in [-0.3, -0.25) is 0 Å². The molecule has 0 fully saturated rings. The largest absolute Gasteiger partial charge is 0.326 e. The molecule has 0 aromatic heterocycles. The van der Waals surface area contributed by atoms with Crippen molar-refractivity contribution in [3.63, 3.8) is 0 Å². The maximum absolute atomic E-state index is 12.5.